The lowest BCUT2D eigenvalue weighted by Crippen LogP contribution is -2.37. The molecule has 1 atom stereocenters. The number of rotatable bonds is 6. The molecule has 0 spiro atoms. The molecule has 0 aliphatic carbocycles. The lowest BCUT2D eigenvalue weighted by atomic mass is 9.99. The fourth-order valence-corrected chi connectivity index (χ4v) is 2.57. The van der Waals surface area contributed by atoms with Gasteiger partial charge in [0, 0.05) is 46.7 Å². The van der Waals surface area contributed by atoms with E-state index in [0.717, 1.165) is 31.0 Å². The van der Waals surface area contributed by atoms with Crippen LogP contribution in [-0.2, 0) is 23.1 Å². The Labute approximate surface area is 125 Å². The zero-order chi connectivity index (χ0) is 15.4. The predicted molar refractivity (Wildman–Crippen MR) is 78.7 cm³/mol. The van der Waals surface area contributed by atoms with Crippen molar-refractivity contribution in [2.75, 3.05) is 40.4 Å². The number of nitrogens with zero attached hydrogens (tertiary/aromatic N) is 5. The summed E-state index contributed by atoms with van der Waals surface area (Å²) < 4.78 is 7.40. The molecule has 7 heteroatoms. The van der Waals surface area contributed by atoms with Crippen LogP contribution in [0.4, 0.5) is 0 Å². The topological polar surface area (TPSA) is 63.5 Å². The van der Waals surface area contributed by atoms with E-state index in [1.165, 1.54) is 4.90 Å². The average Bonchev–Trinajstić information content (AvgIpc) is 2.80. The molecule has 21 heavy (non-hydrogen) atoms. The number of carbonyl (C=O) groups excluding carboxylic acids is 1. The van der Waals surface area contributed by atoms with E-state index < -0.39 is 0 Å². The average molecular weight is 293 g/mol. The number of amides is 1. The second-order valence-electron chi connectivity index (χ2n) is 5.53. The fraction of sp³-hybridized carbons (Fsp3) is 0.643. The van der Waals surface area contributed by atoms with E-state index >= 15 is 0 Å². The fourth-order valence-electron chi connectivity index (χ4n) is 2.57. The maximum absolute atomic E-state index is 11.6. The number of hydrogen-bond donors (Lipinski definition) is 0. The molecule has 1 aliphatic rings. The van der Waals surface area contributed by atoms with Gasteiger partial charge in [0.05, 0.1) is 12.3 Å². The van der Waals surface area contributed by atoms with Crippen LogP contribution in [0.3, 0.4) is 0 Å². The van der Waals surface area contributed by atoms with Crippen molar-refractivity contribution < 1.29 is 9.53 Å². The largest absolute Gasteiger partial charge is 0.371 e. The summed E-state index contributed by atoms with van der Waals surface area (Å²) in [6.45, 7) is 6.82. The number of aromatic nitrogens is 3. The first-order valence-corrected chi connectivity index (χ1v) is 7.02. The van der Waals surface area contributed by atoms with Crippen LogP contribution in [0, 0.1) is 0 Å². The van der Waals surface area contributed by atoms with Crippen LogP contribution in [0.5, 0.6) is 0 Å². The quantitative estimate of drug-likeness (QED) is 0.691. The summed E-state index contributed by atoms with van der Waals surface area (Å²) in [6, 6.07) is 0. The number of carbonyl (C=O) groups is 1. The molecule has 0 saturated carbocycles. The van der Waals surface area contributed by atoms with Crippen molar-refractivity contribution in [3.63, 3.8) is 0 Å². The summed E-state index contributed by atoms with van der Waals surface area (Å²) in [6.07, 6.45) is 1.88. The molecule has 116 valence electrons. The van der Waals surface area contributed by atoms with Crippen LogP contribution in [0.1, 0.15) is 17.3 Å². The van der Waals surface area contributed by atoms with Gasteiger partial charge in [-0.15, -0.1) is 11.7 Å². The number of hydrogen-bond acceptors (Lipinski definition) is 5. The normalized spacial score (nSPS) is 18.3. The molecular formula is C14H23N5O2. The summed E-state index contributed by atoms with van der Waals surface area (Å²) in [5.74, 6) is 0.140. The van der Waals surface area contributed by atoms with Gasteiger partial charge in [-0.25, -0.2) is 0 Å². The smallest absolute Gasteiger partial charge is 0.248 e. The maximum Gasteiger partial charge on any atom is 0.248 e. The highest BCUT2D eigenvalue weighted by Crippen LogP contribution is 2.26. The van der Waals surface area contributed by atoms with E-state index in [9.17, 15) is 4.79 Å². The highest BCUT2D eigenvalue weighted by atomic mass is 16.5. The van der Waals surface area contributed by atoms with E-state index in [0.29, 0.717) is 6.61 Å². The number of likely N-dealkylation sites (N-methyl/N-ethyl adjacent to an activating group) is 1. The van der Waals surface area contributed by atoms with Crippen LogP contribution in [0.25, 0.3) is 0 Å². The summed E-state index contributed by atoms with van der Waals surface area (Å²) in [5.41, 5.74) is 2.09. The van der Waals surface area contributed by atoms with Gasteiger partial charge >= 0.3 is 0 Å². The summed E-state index contributed by atoms with van der Waals surface area (Å²) in [4.78, 5) is 15.3. The first-order chi connectivity index (χ1) is 10.0. The monoisotopic (exact) mass is 293 g/mol. The van der Waals surface area contributed by atoms with Crippen molar-refractivity contribution in [3.05, 3.63) is 24.0 Å². The Morgan fingerprint density at radius 3 is 3.00 bits per heavy atom. The molecule has 1 amide bonds. The Balaban J connectivity index is 2.01. The van der Waals surface area contributed by atoms with Crippen molar-refractivity contribution in [2.45, 2.75) is 12.5 Å². The molecule has 2 rings (SSSR count). The van der Waals surface area contributed by atoms with E-state index in [1.54, 1.807) is 14.1 Å². The highest BCUT2D eigenvalue weighted by molar-refractivity contribution is 5.76. The lowest BCUT2D eigenvalue weighted by Gasteiger charge is -2.31. The molecule has 0 radical (unpaired) electrons. The van der Waals surface area contributed by atoms with Gasteiger partial charge < -0.3 is 9.64 Å². The first-order valence-electron chi connectivity index (χ1n) is 7.02. The highest BCUT2D eigenvalue weighted by Gasteiger charge is 2.29. The van der Waals surface area contributed by atoms with E-state index in [-0.39, 0.29) is 18.4 Å². The Morgan fingerprint density at radius 1 is 1.57 bits per heavy atom. The molecule has 0 bridgehead atoms. The second kappa shape index (κ2) is 6.82. The van der Waals surface area contributed by atoms with Crippen molar-refractivity contribution in [2.24, 2.45) is 7.05 Å². The number of fused-ring (bicyclic) bond motifs is 1. The Kier molecular flexibility index (Phi) is 5.08. The third-order valence-corrected chi connectivity index (χ3v) is 3.61. The molecule has 0 saturated heterocycles. The molecule has 0 unspecified atom stereocenters. The molecule has 0 aromatic carbocycles. The number of aryl methyl sites for hydroxylation is 1. The van der Waals surface area contributed by atoms with Crippen LogP contribution in [-0.4, -0.2) is 71.1 Å². The van der Waals surface area contributed by atoms with E-state index in [1.807, 2.05) is 17.8 Å². The molecule has 1 aromatic rings. The van der Waals surface area contributed by atoms with Gasteiger partial charge in [0.1, 0.15) is 12.3 Å². The third-order valence-electron chi connectivity index (χ3n) is 3.61. The lowest BCUT2D eigenvalue weighted by molar-refractivity contribution is -0.133. The van der Waals surface area contributed by atoms with Crippen molar-refractivity contribution >= 4 is 5.91 Å². The van der Waals surface area contributed by atoms with Gasteiger partial charge in [0.25, 0.3) is 0 Å². The minimum absolute atomic E-state index is 0.0305. The van der Waals surface area contributed by atoms with Crippen molar-refractivity contribution in [3.8, 4) is 0 Å². The zero-order valence-electron chi connectivity index (χ0n) is 12.9. The molecule has 7 nitrogen and oxygen atoms in total. The molecule has 0 fully saturated rings. The molecular weight excluding hydrogens is 270 g/mol. The van der Waals surface area contributed by atoms with E-state index in [4.69, 9.17) is 4.74 Å². The molecule has 1 aliphatic heterocycles. The Morgan fingerprint density at radius 2 is 2.33 bits per heavy atom. The van der Waals surface area contributed by atoms with Crippen LogP contribution in [0.15, 0.2) is 12.7 Å². The van der Waals surface area contributed by atoms with Gasteiger partial charge in [-0.2, -0.15) is 0 Å². The molecule has 1 aromatic heterocycles. The second-order valence-corrected chi connectivity index (χ2v) is 5.53. The Bertz CT molecular complexity index is 511. The predicted octanol–water partition coefficient (Wildman–Crippen LogP) is 0.00510. The summed E-state index contributed by atoms with van der Waals surface area (Å²) in [7, 11) is 5.34. The SMILES string of the molecule is C=CCN1Cc2nnn(C)c2[C@H](COCC(=O)N(C)C)C1. The molecule has 2 heterocycles. The van der Waals surface area contributed by atoms with Gasteiger partial charge in [-0.05, 0) is 0 Å². The standard InChI is InChI=1S/C14H23N5O2/c1-5-6-19-7-11(9-21-10-13(20)17(2)3)14-12(8-19)15-16-18(14)4/h5,11H,1,6-10H2,2-4H3/t11-/m0/s1. The minimum atomic E-state index is -0.0305. The van der Waals surface area contributed by atoms with Crippen LogP contribution < -0.4 is 0 Å². The molecule has 0 N–H and O–H groups in total. The third kappa shape index (κ3) is 3.68. The first kappa shape index (κ1) is 15.7. The minimum Gasteiger partial charge on any atom is -0.371 e. The zero-order valence-corrected chi connectivity index (χ0v) is 12.9. The van der Waals surface area contributed by atoms with Crippen molar-refractivity contribution in [1.29, 1.82) is 0 Å². The Hall–Kier alpha value is -1.73. The van der Waals surface area contributed by atoms with Gasteiger partial charge in [-0.1, -0.05) is 11.3 Å². The van der Waals surface area contributed by atoms with Gasteiger partial charge in [-0.3, -0.25) is 14.4 Å². The van der Waals surface area contributed by atoms with Gasteiger partial charge in [0.2, 0.25) is 5.91 Å². The van der Waals surface area contributed by atoms with Crippen molar-refractivity contribution in [1.82, 2.24) is 24.8 Å². The maximum atomic E-state index is 11.6. The summed E-state index contributed by atoms with van der Waals surface area (Å²) in [5, 5.41) is 8.31. The van der Waals surface area contributed by atoms with Crippen LogP contribution >= 0.6 is 0 Å². The van der Waals surface area contributed by atoms with E-state index in [2.05, 4.69) is 21.8 Å². The van der Waals surface area contributed by atoms with Crippen LogP contribution in [0.2, 0.25) is 0 Å². The van der Waals surface area contributed by atoms with Gasteiger partial charge in [0.15, 0.2) is 0 Å². The summed E-state index contributed by atoms with van der Waals surface area (Å²) >= 11 is 0. The number of ether oxygens (including phenoxy) is 1.